The molecule has 0 saturated heterocycles. The Balaban J connectivity index is 2.12. The summed E-state index contributed by atoms with van der Waals surface area (Å²) in [7, 11) is 0. The van der Waals surface area contributed by atoms with Crippen molar-refractivity contribution in [2.45, 2.75) is 38.1 Å². The van der Waals surface area contributed by atoms with Crippen LogP contribution in [0.4, 0.5) is 14.5 Å². The lowest BCUT2D eigenvalue weighted by atomic mass is 10.2. The van der Waals surface area contributed by atoms with Gasteiger partial charge in [0.05, 0.1) is 5.25 Å². The van der Waals surface area contributed by atoms with Crippen molar-refractivity contribution in [1.82, 2.24) is 9.97 Å². The van der Waals surface area contributed by atoms with E-state index in [4.69, 9.17) is 0 Å². The molecule has 0 fully saturated rings. The third-order valence-electron chi connectivity index (χ3n) is 3.47. The Bertz CT molecular complexity index is 709. The number of para-hydroxylation sites is 1. The van der Waals surface area contributed by atoms with E-state index in [0.29, 0.717) is 5.16 Å². The van der Waals surface area contributed by atoms with Gasteiger partial charge in [-0.05, 0) is 45.4 Å². The molecule has 1 aromatic carbocycles. The van der Waals surface area contributed by atoms with E-state index < -0.39 is 28.5 Å². The Morgan fingerprint density at radius 3 is 2.17 bits per heavy atom. The molecule has 122 valence electrons. The minimum atomic E-state index is -0.811. The van der Waals surface area contributed by atoms with Gasteiger partial charge in [0.1, 0.15) is 17.3 Å². The molecule has 1 amide bonds. The smallest absolute Gasteiger partial charge is 0.237 e. The van der Waals surface area contributed by atoms with Gasteiger partial charge in [-0.25, -0.2) is 18.7 Å². The molecule has 7 heteroatoms. The van der Waals surface area contributed by atoms with E-state index in [1.54, 1.807) is 6.92 Å². The van der Waals surface area contributed by atoms with Crippen molar-refractivity contribution in [2.24, 2.45) is 0 Å². The SMILES string of the molecule is Cc1nc(S[C@H](C)C(=O)Nc2c(F)cccc2F)nc(C)c1C. The number of hydrogen-bond donors (Lipinski definition) is 1. The van der Waals surface area contributed by atoms with Gasteiger partial charge in [0, 0.05) is 11.4 Å². The van der Waals surface area contributed by atoms with Crippen molar-refractivity contribution in [3.8, 4) is 0 Å². The summed E-state index contributed by atoms with van der Waals surface area (Å²) in [6, 6.07) is 3.42. The van der Waals surface area contributed by atoms with Crippen LogP contribution in [0, 0.1) is 32.4 Å². The maximum Gasteiger partial charge on any atom is 0.237 e. The number of thioether (sulfide) groups is 1. The van der Waals surface area contributed by atoms with Crippen LogP contribution in [-0.4, -0.2) is 21.1 Å². The molecule has 0 unspecified atom stereocenters. The van der Waals surface area contributed by atoms with E-state index in [1.165, 1.54) is 6.07 Å². The molecule has 1 atom stereocenters. The number of hydrogen-bond acceptors (Lipinski definition) is 4. The summed E-state index contributed by atoms with van der Waals surface area (Å²) in [5, 5.41) is 2.13. The predicted molar refractivity (Wildman–Crippen MR) is 86.5 cm³/mol. The predicted octanol–water partition coefficient (Wildman–Crippen LogP) is 3.80. The lowest BCUT2D eigenvalue weighted by Crippen LogP contribution is -2.24. The van der Waals surface area contributed by atoms with Crippen molar-refractivity contribution in [3.05, 3.63) is 46.8 Å². The monoisotopic (exact) mass is 337 g/mol. The Morgan fingerprint density at radius 1 is 1.13 bits per heavy atom. The number of nitrogens with one attached hydrogen (secondary N) is 1. The second-order valence-electron chi connectivity index (χ2n) is 5.15. The number of aryl methyl sites for hydroxylation is 2. The van der Waals surface area contributed by atoms with E-state index in [2.05, 4.69) is 15.3 Å². The number of benzene rings is 1. The summed E-state index contributed by atoms with van der Waals surface area (Å²) < 4.78 is 27.1. The van der Waals surface area contributed by atoms with Gasteiger partial charge < -0.3 is 5.32 Å². The van der Waals surface area contributed by atoms with E-state index >= 15 is 0 Å². The Hall–Kier alpha value is -2.02. The summed E-state index contributed by atoms with van der Waals surface area (Å²) in [4.78, 5) is 20.8. The van der Waals surface area contributed by atoms with Crippen LogP contribution in [0.5, 0.6) is 0 Å². The van der Waals surface area contributed by atoms with Gasteiger partial charge in [0.2, 0.25) is 5.91 Å². The summed E-state index contributed by atoms with van der Waals surface area (Å²) in [6.45, 7) is 7.30. The van der Waals surface area contributed by atoms with Crippen molar-refractivity contribution >= 4 is 23.4 Å². The van der Waals surface area contributed by atoms with Crippen LogP contribution in [0.25, 0.3) is 0 Å². The molecule has 0 aliphatic heterocycles. The highest BCUT2D eigenvalue weighted by Crippen LogP contribution is 2.24. The van der Waals surface area contributed by atoms with Gasteiger partial charge >= 0.3 is 0 Å². The van der Waals surface area contributed by atoms with Crippen molar-refractivity contribution in [2.75, 3.05) is 5.32 Å². The molecule has 4 nitrogen and oxygen atoms in total. The fourth-order valence-electron chi connectivity index (χ4n) is 1.85. The molecular formula is C16H17F2N3OS. The van der Waals surface area contributed by atoms with Crippen molar-refractivity contribution in [1.29, 1.82) is 0 Å². The van der Waals surface area contributed by atoms with Crippen LogP contribution in [0.2, 0.25) is 0 Å². The standard InChI is InChI=1S/C16H17F2N3OS/c1-8-9(2)19-16(20-10(8)3)23-11(4)15(22)21-14-12(17)6-5-7-13(14)18/h5-7,11H,1-4H3,(H,21,22)/t11-/m1/s1. The van der Waals surface area contributed by atoms with Gasteiger partial charge in [0.15, 0.2) is 5.16 Å². The lowest BCUT2D eigenvalue weighted by molar-refractivity contribution is -0.115. The number of rotatable bonds is 4. The van der Waals surface area contributed by atoms with Gasteiger partial charge in [0.25, 0.3) is 0 Å². The number of carbonyl (C=O) groups is 1. The number of anilines is 1. The third kappa shape index (κ3) is 4.04. The van der Waals surface area contributed by atoms with Crippen LogP contribution in [0.15, 0.2) is 23.4 Å². The van der Waals surface area contributed by atoms with E-state index in [-0.39, 0.29) is 0 Å². The van der Waals surface area contributed by atoms with Crippen LogP contribution in [0.3, 0.4) is 0 Å². The molecule has 1 N–H and O–H groups in total. The number of halogens is 2. The second-order valence-corrected chi connectivity index (χ2v) is 6.46. The topological polar surface area (TPSA) is 54.9 Å². The Morgan fingerprint density at radius 2 is 1.65 bits per heavy atom. The lowest BCUT2D eigenvalue weighted by Gasteiger charge is -2.13. The van der Waals surface area contributed by atoms with Gasteiger partial charge in [-0.3, -0.25) is 4.79 Å². The third-order valence-corrected chi connectivity index (χ3v) is 4.44. The first-order valence-corrected chi connectivity index (χ1v) is 7.91. The zero-order valence-electron chi connectivity index (χ0n) is 13.3. The zero-order chi connectivity index (χ0) is 17.1. The highest BCUT2D eigenvalue weighted by atomic mass is 32.2. The maximum atomic E-state index is 13.6. The quantitative estimate of drug-likeness (QED) is 0.681. The minimum Gasteiger partial charge on any atom is -0.320 e. The fourth-order valence-corrected chi connectivity index (χ4v) is 2.71. The van der Waals surface area contributed by atoms with Gasteiger partial charge in [-0.1, -0.05) is 17.8 Å². The Labute approximate surface area is 137 Å². The summed E-state index contributed by atoms with van der Waals surface area (Å²) >= 11 is 1.14. The van der Waals surface area contributed by atoms with E-state index in [9.17, 15) is 13.6 Å². The highest BCUT2D eigenvalue weighted by Gasteiger charge is 2.20. The number of carbonyl (C=O) groups excluding carboxylic acids is 1. The zero-order valence-corrected chi connectivity index (χ0v) is 14.1. The first-order valence-electron chi connectivity index (χ1n) is 7.03. The Kier molecular flexibility index (Phi) is 5.30. The number of amides is 1. The molecule has 0 radical (unpaired) electrons. The molecule has 0 bridgehead atoms. The first kappa shape index (κ1) is 17.3. The van der Waals surface area contributed by atoms with Gasteiger partial charge in [-0.2, -0.15) is 0 Å². The highest BCUT2D eigenvalue weighted by molar-refractivity contribution is 8.00. The molecule has 0 saturated carbocycles. The van der Waals surface area contributed by atoms with Crippen LogP contribution in [-0.2, 0) is 4.79 Å². The molecule has 0 aliphatic rings. The van der Waals surface area contributed by atoms with Crippen LogP contribution in [0.1, 0.15) is 23.9 Å². The second kappa shape index (κ2) is 7.04. The summed E-state index contributed by atoms with van der Waals surface area (Å²) in [5.74, 6) is -2.14. The average molecular weight is 337 g/mol. The molecule has 1 heterocycles. The number of nitrogens with zero attached hydrogens (tertiary/aromatic N) is 2. The molecule has 2 aromatic rings. The van der Waals surface area contributed by atoms with Crippen LogP contribution < -0.4 is 5.32 Å². The molecule has 2 rings (SSSR count). The average Bonchev–Trinajstić information content (AvgIpc) is 2.48. The summed E-state index contributed by atoms with van der Waals surface area (Å²) in [5.41, 5.74) is 2.24. The molecule has 1 aromatic heterocycles. The first-order chi connectivity index (χ1) is 10.8. The molecular weight excluding hydrogens is 320 g/mol. The fraction of sp³-hybridized carbons (Fsp3) is 0.312. The van der Waals surface area contributed by atoms with Gasteiger partial charge in [-0.15, -0.1) is 0 Å². The van der Waals surface area contributed by atoms with E-state index in [0.717, 1.165) is 40.8 Å². The largest absolute Gasteiger partial charge is 0.320 e. The normalized spacial score (nSPS) is 12.1. The van der Waals surface area contributed by atoms with E-state index in [1.807, 2.05) is 20.8 Å². The minimum absolute atomic E-state index is 0.442. The molecule has 0 aliphatic carbocycles. The molecule has 0 spiro atoms. The van der Waals surface area contributed by atoms with Crippen molar-refractivity contribution < 1.29 is 13.6 Å². The maximum absolute atomic E-state index is 13.6. The van der Waals surface area contributed by atoms with Crippen molar-refractivity contribution in [3.63, 3.8) is 0 Å². The molecule has 23 heavy (non-hydrogen) atoms. The summed E-state index contributed by atoms with van der Waals surface area (Å²) in [6.07, 6.45) is 0. The number of aromatic nitrogens is 2. The van der Waals surface area contributed by atoms with Crippen LogP contribution >= 0.6 is 11.8 Å².